The normalized spacial score (nSPS) is 18.1. The lowest BCUT2D eigenvalue weighted by Gasteiger charge is -2.16. The number of aryl methyl sites for hydroxylation is 2. The molecule has 0 amide bonds. The van der Waals surface area contributed by atoms with E-state index in [0.29, 0.717) is 19.3 Å². The van der Waals surface area contributed by atoms with Crippen molar-refractivity contribution in [2.45, 2.75) is 79.1 Å². The van der Waals surface area contributed by atoms with Gasteiger partial charge >= 0.3 is 0 Å². The Labute approximate surface area is 234 Å². The Morgan fingerprint density at radius 1 is 1.05 bits per heavy atom. The van der Waals surface area contributed by atoms with Gasteiger partial charge in [0.2, 0.25) is 0 Å². The van der Waals surface area contributed by atoms with E-state index in [0.717, 1.165) is 84.7 Å². The molecule has 0 saturated carbocycles. The van der Waals surface area contributed by atoms with Crippen LogP contribution in [-0.4, -0.2) is 31.5 Å². The van der Waals surface area contributed by atoms with E-state index >= 15 is 0 Å². The molecule has 40 heavy (non-hydrogen) atoms. The number of hydrogen-bond acceptors (Lipinski definition) is 4. The molecule has 6 heteroatoms. The lowest BCUT2D eigenvalue weighted by Crippen LogP contribution is -2.07. The van der Waals surface area contributed by atoms with Gasteiger partial charge in [0.25, 0.3) is 0 Å². The van der Waals surface area contributed by atoms with Gasteiger partial charge in [-0.3, -0.25) is 9.78 Å². The number of rotatable bonds is 5. The Kier molecular flexibility index (Phi) is 6.25. The lowest BCUT2D eigenvalue weighted by molar-refractivity contribution is -0.117. The average molecular weight is 533 g/mol. The molecule has 0 saturated heterocycles. The Hall–Kier alpha value is -4.06. The molecule has 2 atom stereocenters. The Bertz CT molecular complexity index is 1830. The summed E-state index contributed by atoms with van der Waals surface area (Å²) in [5.74, 6) is 0.454. The fourth-order valence-electron chi connectivity index (χ4n) is 6.79. The van der Waals surface area contributed by atoms with Crippen molar-refractivity contribution in [1.82, 2.24) is 19.9 Å². The second-order valence-corrected chi connectivity index (χ2v) is 11.5. The average Bonchev–Trinajstić information content (AvgIpc) is 3.65. The number of fused-ring (bicyclic) bond motifs is 8. The van der Waals surface area contributed by atoms with Crippen LogP contribution in [0.1, 0.15) is 114 Å². The van der Waals surface area contributed by atoms with Crippen LogP contribution in [0.4, 0.5) is 0 Å². The monoisotopic (exact) mass is 532 g/mol. The molecule has 204 valence electrons. The minimum atomic E-state index is 0.0593. The number of Topliss-reactive ketones (excluding diaryl/α,β-unsaturated/α-hetero) is 2. The highest BCUT2D eigenvalue weighted by atomic mass is 16.1. The van der Waals surface area contributed by atoms with Gasteiger partial charge in [-0.1, -0.05) is 26.5 Å². The van der Waals surface area contributed by atoms with Crippen LogP contribution in [0.3, 0.4) is 0 Å². The molecule has 3 aromatic rings. The van der Waals surface area contributed by atoms with Crippen LogP contribution >= 0.6 is 0 Å². The largest absolute Gasteiger partial charge is 0.355 e. The standard InChI is InChI=1S/C34H36N4O2/c1-8-21-17(4)25-13-27-19(6)23(11-10-16(3)39)33(37-27)24-12-31(40)32-20(7)28(38-34(24)32)15-30-22(9-2)18(5)26(36-30)14-29(21)35-25/h8,13-15,19,23,35,38H,1,9-12H2,2-7H3. The summed E-state index contributed by atoms with van der Waals surface area (Å²) >= 11 is 0. The smallest absolute Gasteiger partial charge is 0.169 e. The lowest BCUT2D eigenvalue weighted by atomic mass is 9.85. The molecular weight excluding hydrogens is 496 g/mol. The minimum Gasteiger partial charge on any atom is -0.355 e. The van der Waals surface area contributed by atoms with E-state index < -0.39 is 0 Å². The molecule has 2 aliphatic heterocycles. The first kappa shape index (κ1) is 26.2. The van der Waals surface area contributed by atoms with Crippen molar-refractivity contribution in [2.75, 3.05) is 0 Å². The summed E-state index contributed by atoms with van der Waals surface area (Å²) < 4.78 is 0. The van der Waals surface area contributed by atoms with Gasteiger partial charge in [-0.2, -0.15) is 0 Å². The van der Waals surface area contributed by atoms with E-state index in [1.54, 1.807) is 6.92 Å². The number of allylic oxidation sites excluding steroid dienone is 2. The van der Waals surface area contributed by atoms with Gasteiger partial charge in [0, 0.05) is 63.6 Å². The zero-order valence-electron chi connectivity index (χ0n) is 24.2. The van der Waals surface area contributed by atoms with Crippen molar-refractivity contribution >= 4 is 50.9 Å². The number of ketones is 2. The number of carbonyl (C=O) groups is 2. The molecule has 5 heterocycles. The van der Waals surface area contributed by atoms with Crippen LogP contribution in [-0.2, 0) is 11.2 Å². The van der Waals surface area contributed by atoms with Crippen LogP contribution in [0.5, 0.6) is 0 Å². The number of H-pyrrole nitrogens is 2. The van der Waals surface area contributed by atoms with E-state index in [-0.39, 0.29) is 23.4 Å². The van der Waals surface area contributed by atoms with E-state index in [9.17, 15) is 9.59 Å². The number of nitrogens with one attached hydrogen (secondary N) is 2. The Morgan fingerprint density at radius 2 is 1.77 bits per heavy atom. The molecule has 3 aliphatic rings. The number of hydrogen-bond donors (Lipinski definition) is 2. The Balaban J connectivity index is 1.77. The second kappa shape index (κ2) is 9.54. The van der Waals surface area contributed by atoms with E-state index in [1.165, 1.54) is 5.57 Å². The first-order valence-corrected chi connectivity index (χ1v) is 14.2. The van der Waals surface area contributed by atoms with E-state index in [4.69, 9.17) is 9.97 Å². The van der Waals surface area contributed by atoms with Crippen molar-refractivity contribution in [1.29, 1.82) is 0 Å². The van der Waals surface area contributed by atoms with Crippen LogP contribution in [0.25, 0.3) is 39.3 Å². The molecule has 0 radical (unpaired) electrons. The first-order valence-electron chi connectivity index (χ1n) is 14.2. The summed E-state index contributed by atoms with van der Waals surface area (Å²) in [4.78, 5) is 42.9. The summed E-state index contributed by atoms with van der Waals surface area (Å²) in [5.41, 5.74) is 14.7. The van der Waals surface area contributed by atoms with Crippen molar-refractivity contribution in [3.8, 4) is 0 Å². The SMILES string of the molecule is C=Cc1c(C)c2cc3nc(c4c5[nH]c(cc6nc(cc1[nH]2)C(C)=C6CC)c(C)c5C(=O)C4)C(CCC(C)=O)C3C. The highest BCUT2D eigenvalue weighted by Gasteiger charge is 2.35. The van der Waals surface area contributed by atoms with Crippen molar-refractivity contribution in [2.24, 2.45) is 0 Å². The number of aromatic nitrogens is 4. The molecule has 1 aliphatic carbocycles. The molecule has 6 rings (SSSR count). The highest BCUT2D eigenvalue weighted by molar-refractivity contribution is 6.13. The van der Waals surface area contributed by atoms with Crippen molar-refractivity contribution in [3.63, 3.8) is 0 Å². The zero-order valence-corrected chi connectivity index (χ0v) is 24.2. The molecule has 0 spiro atoms. The predicted molar refractivity (Wildman–Crippen MR) is 162 cm³/mol. The molecule has 8 bridgehead atoms. The van der Waals surface area contributed by atoms with Crippen LogP contribution in [0, 0.1) is 13.8 Å². The zero-order chi connectivity index (χ0) is 28.5. The third-order valence-electron chi connectivity index (χ3n) is 9.16. The van der Waals surface area contributed by atoms with Gasteiger partial charge in [0.05, 0.1) is 22.6 Å². The van der Waals surface area contributed by atoms with Crippen LogP contribution < -0.4 is 0 Å². The van der Waals surface area contributed by atoms with Crippen LogP contribution in [0.2, 0.25) is 0 Å². The number of carbonyl (C=O) groups excluding carboxylic acids is 2. The van der Waals surface area contributed by atoms with E-state index in [1.807, 2.05) is 13.0 Å². The maximum absolute atomic E-state index is 13.4. The fourth-order valence-corrected chi connectivity index (χ4v) is 6.79. The molecule has 3 aromatic heterocycles. The van der Waals surface area contributed by atoms with Gasteiger partial charge in [0.1, 0.15) is 5.78 Å². The second-order valence-electron chi connectivity index (χ2n) is 11.5. The molecule has 2 unspecified atom stereocenters. The molecule has 0 aromatic carbocycles. The maximum atomic E-state index is 13.4. The number of nitrogens with zero attached hydrogens (tertiary/aromatic N) is 2. The van der Waals surface area contributed by atoms with Gasteiger partial charge < -0.3 is 14.8 Å². The summed E-state index contributed by atoms with van der Waals surface area (Å²) in [6.45, 7) is 16.3. The fraction of sp³-hybridized carbons (Fsp3) is 0.353. The maximum Gasteiger partial charge on any atom is 0.169 e. The van der Waals surface area contributed by atoms with Gasteiger partial charge in [-0.05, 0) is 81.0 Å². The van der Waals surface area contributed by atoms with Gasteiger partial charge in [-0.15, -0.1) is 0 Å². The van der Waals surface area contributed by atoms with Gasteiger partial charge in [-0.25, -0.2) is 4.98 Å². The van der Waals surface area contributed by atoms with Crippen molar-refractivity contribution in [3.05, 3.63) is 75.4 Å². The van der Waals surface area contributed by atoms with E-state index in [2.05, 4.69) is 62.4 Å². The quantitative estimate of drug-likeness (QED) is 0.349. The highest BCUT2D eigenvalue weighted by Crippen LogP contribution is 2.44. The Morgan fingerprint density at radius 3 is 2.48 bits per heavy atom. The van der Waals surface area contributed by atoms with Gasteiger partial charge in [0.15, 0.2) is 5.78 Å². The third-order valence-corrected chi connectivity index (χ3v) is 9.16. The topological polar surface area (TPSA) is 91.5 Å². The van der Waals surface area contributed by atoms with Crippen LogP contribution in [0.15, 0.2) is 24.8 Å². The minimum absolute atomic E-state index is 0.0593. The van der Waals surface area contributed by atoms with Crippen molar-refractivity contribution < 1.29 is 9.59 Å². The summed E-state index contributed by atoms with van der Waals surface area (Å²) in [7, 11) is 0. The molecule has 0 fully saturated rings. The summed E-state index contributed by atoms with van der Waals surface area (Å²) in [6, 6.07) is 6.34. The number of aromatic amines is 2. The summed E-state index contributed by atoms with van der Waals surface area (Å²) in [6.07, 6.45) is 4.28. The third kappa shape index (κ3) is 3.92. The predicted octanol–water partition coefficient (Wildman–Crippen LogP) is 7.91. The molecule has 2 N–H and O–H groups in total. The molecular formula is C34H36N4O2. The molecule has 6 nitrogen and oxygen atoms in total. The first-order chi connectivity index (χ1) is 19.1. The summed E-state index contributed by atoms with van der Waals surface area (Å²) in [5, 5.41) is 0.